The smallest absolute Gasteiger partial charge is 0.338 e. The molecule has 0 fully saturated rings. The molecule has 0 unspecified atom stereocenters. The van der Waals surface area contributed by atoms with Gasteiger partial charge in [0.1, 0.15) is 6.61 Å². The molecule has 0 aliphatic rings. The van der Waals surface area contributed by atoms with E-state index in [1.165, 1.54) is 0 Å². The standard InChI is InChI=1S/C19H19N3O7/c1-13-2-4-14(5-3-13)6-7-18(23)20-8-9-29-19(24)15-10-16(21(25)26)12-17(11-15)22(27)28/h2-5,10-12H,6-9H2,1H3,(H,20,23). The molecule has 0 aliphatic carbocycles. The van der Waals surface area contributed by atoms with E-state index < -0.39 is 27.2 Å². The molecule has 1 N–H and O–H groups in total. The number of carbonyl (C=O) groups excluding carboxylic acids is 2. The topological polar surface area (TPSA) is 142 Å². The molecule has 2 rings (SSSR count). The molecule has 0 aromatic heterocycles. The zero-order chi connectivity index (χ0) is 21.4. The molecule has 10 nitrogen and oxygen atoms in total. The van der Waals surface area contributed by atoms with Gasteiger partial charge in [-0.05, 0) is 18.9 Å². The lowest BCUT2D eigenvalue weighted by atomic mass is 10.1. The lowest BCUT2D eigenvalue weighted by molar-refractivity contribution is -0.394. The average Bonchev–Trinajstić information content (AvgIpc) is 2.70. The number of aryl methyl sites for hydroxylation is 2. The van der Waals surface area contributed by atoms with Crippen molar-refractivity contribution >= 4 is 23.3 Å². The lowest BCUT2D eigenvalue weighted by Gasteiger charge is -2.07. The maximum absolute atomic E-state index is 12.0. The van der Waals surface area contributed by atoms with Gasteiger partial charge in [-0.15, -0.1) is 0 Å². The van der Waals surface area contributed by atoms with Gasteiger partial charge in [-0.2, -0.15) is 0 Å². The van der Waals surface area contributed by atoms with E-state index in [0.717, 1.165) is 29.3 Å². The summed E-state index contributed by atoms with van der Waals surface area (Å²) in [6.45, 7) is 1.85. The summed E-state index contributed by atoms with van der Waals surface area (Å²) in [6, 6.07) is 10.4. The molecule has 0 atom stereocenters. The number of nitrogens with one attached hydrogen (secondary N) is 1. The first-order chi connectivity index (χ1) is 13.8. The van der Waals surface area contributed by atoms with Crippen molar-refractivity contribution in [2.45, 2.75) is 19.8 Å². The molecule has 2 aromatic carbocycles. The summed E-state index contributed by atoms with van der Waals surface area (Å²) in [5, 5.41) is 24.3. The molecule has 152 valence electrons. The molecule has 0 aliphatic heterocycles. The zero-order valence-corrected chi connectivity index (χ0v) is 15.6. The number of rotatable bonds is 9. The third-order valence-corrected chi connectivity index (χ3v) is 3.98. The molecule has 0 bridgehead atoms. The van der Waals surface area contributed by atoms with Crippen molar-refractivity contribution in [3.05, 3.63) is 79.4 Å². The highest BCUT2D eigenvalue weighted by molar-refractivity contribution is 5.91. The maximum atomic E-state index is 12.0. The number of benzene rings is 2. The number of hydrogen-bond acceptors (Lipinski definition) is 7. The van der Waals surface area contributed by atoms with Crippen LogP contribution in [0, 0.1) is 27.2 Å². The summed E-state index contributed by atoms with van der Waals surface area (Å²) >= 11 is 0. The summed E-state index contributed by atoms with van der Waals surface area (Å²) < 4.78 is 4.93. The zero-order valence-electron chi connectivity index (χ0n) is 15.6. The van der Waals surface area contributed by atoms with Crippen molar-refractivity contribution in [1.29, 1.82) is 0 Å². The molecule has 29 heavy (non-hydrogen) atoms. The number of non-ortho nitro benzene ring substituents is 2. The van der Waals surface area contributed by atoms with Gasteiger partial charge in [-0.25, -0.2) is 4.79 Å². The summed E-state index contributed by atoms with van der Waals surface area (Å²) in [5.74, 6) is -1.17. The second-order valence-electron chi connectivity index (χ2n) is 6.22. The first-order valence-corrected chi connectivity index (χ1v) is 8.69. The summed E-state index contributed by atoms with van der Waals surface area (Å²) in [6.07, 6.45) is 0.845. The van der Waals surface area contributed by atoms with Crippen LogP contribution in [0.3, 0.4) is 0 Å². The lowest BCUT2D eigenvalue weighted by Crippen LogP contribution is -2.28. The largest absolute Gasteiger partial charge is 0.460 e. The Hall–Kier alpha value is -3.82. The molecule has 0 spiro atoms. The minimum atomic E-state index is -0.953. The van der Waals surface area contributed by atoms with Gasteiger partial charge in [0.25, 0.3) is 11.4 Å². The quantitative estimate of drug-likeness (QED) is 0.295. The molecular weight excluding hydrogens is 382 g/mol. The molecule has 0 saturated carbocycles. The van der Waals surface area contributed by atoms with Crippen molar-refractivity contribution < 1.29 is 24.2 Å². The van der Waals surface area contributed by atoms with Gasteiger partial charge in [-0.1, -0.05) is 29.8 Å². The highest BCUT2D eigenvalue weighted by Crippen LogP contribution is 2.23. The van der Waals surface area contributed by atoms with Gasteiger partial charge in [0.05, 0.1) is 28.0 Å². The van der Waals surface area contributed by atoms with Gasteiger partial charge in [0.15, 0.2) is 0 Å². The van der Waals surface area contributed by atoms with Crippen LogP contribution in [0.25, 0.3) is 0 Å². The van der Waals surface area contributed by atoms with Crippen LogP contribution in [0.5, 0.6) is 0 Å². The second kappa shape index (κ2) is 9.93. The van der Waals surface area contributed by atoms with Gasteiger partial charge in [0.2, 0.25) is 5.91 Å². The fraction of sp³-hybridized carbons (Fsp3) is 0.263. The van der Waals surface area contributed by atoms with Crippen LogP contribution in [-0.4, -0.2) is 34.9 Å². The number of amides is 1. The normalized spacial score (nSPS) is 10.2. The highest BCUT2D eigenvalue weighted by Gasteiger charge is 2.20. The Labute approximate surface area is 165 Å². The first kappa shape index (κ1) is 21.5. The van der Waals surface area contributed by atoms with Crippen molar-refractivity contribution in [2.24, 2.45) is 0 Å². The second-order valence-corrected chi connectivity index (χ2v) is 6.22. The molecule has 0 saturated heterocycles. The van der Waals surface area contributed by atoms with E-state index in [1.807, 2.05) is 31.2 Å². The number of nitrogens with zero attached hydrogens (tertiary/aromatic N) is 2. The maximum Gasteiger partial charge on any atom is 0.338 e. The third kappa shape index (κ3) is 6.69. The number of nitro groups is 2. The molecular formula is C19H19N3O7. The van der Waals surface area contributed by atoms with Crippen LogP contribution < -0.4 is 5.32 Å². The van der Waals surface area contributed by atoms with E-state index in [1.54, 1.807) is 0 Å². The van der Waals surface area contributed by atoms with Crippen molar-refractivity contribution in [3.8, 4) is 0 Å². The predicted molar refractivity (Wildman–Crippen MR) is 103 cm³/mol. The Bertz CT molecular complexity index is 894. The third-order valence-electron chi connectivity index (χ3n) is 3.98. The molecule has 10 heteroatoms. The van der Waals surface area contributed by atoms with Gasteiger partial charge < -0.3 is 10.1 Å². The minimum absolute atomic E-state index is 0.0511. The first-order valence-electron chi connectivity index (χ1n) is 8.69. The van der Waals surface area contributed by atoms with Crippen molar-refractivity contribution in [2.75, 3.05) is 13.2 Å². The number of nitro benzene ring substituents is 2. The number of carbonyl (C=O) groups is 2. The molecule has 1 amide bonds. The summed E-state index contributed by atoms with van der Waals surface area (Å²) in [4.78, 5) is 43.9. The van der Waals surface area contributed by atoms with E-state index >= 15 is 0 Å². The monoisotopic (exact) mass is 401 g/mol. The Morgan fingerprint density at radius 2 is 1.59 bits per heavy atom. The fourth-order valence-electron chi connectivity index (χ4n) is 2.44. The van der Waals surface area contributed by atoms with Crippen LogP contribution >= 0.6 is 0 Å². The number of ether oxygens (including phenoxy) is 1. The Balaban J connectivity index is 1.80. The van der Waals surface area contributed by atoms with E-state index in [9.17, 15) is 29.8 Å². The summed E-state index contributed by atoms with van der Waals surface area (Å²) in [5.41, 5.74) is 0.682. The fourth-order valence-corrected chi connectivity index (χ4v) is 2.44. The van der Waals surface area contributed by atoms with E-state index in [2.05, 4.69) is 5.32 Å². The van der Waals surface area contributed by atoms with Gasteiger partial charge in [-0.3, -0.25) is 25.0 Å². The number of esters is 1. The van der Waals surface area contributed by atoms with Crippen LogP contribution in [-0.2, 0) is 16.0 Å². The minimum Gasteiger partial charge on any atom is -0.460 e. The molecule has 2 aromatic rings. The molecule has 0 radical (unpaired) electrons. The van der Waals surface area contributed by atoms with E-state index in [-0.39, 0.29) is 31.0 Å². The van der Waals surface area contributed by atoms with Crippen LogP contribution in [0.1, 0.15) is 27.9 Å². The Kier molecular flexibility index (Phi) is 7.35. The summed E-state index contributed by atoms with van der Waals surface area (Å²) in [7, 11) is 0. The Morgan fingerprint density at radius 3 is 2.14 bits per heavy atom. The molecule has 0 heterocycles. The van der Waals surface area contributed by atoms with Crippen LogP contribution in [0.2, 0.25) is 0 Å². The van der Waals surface area contributed by atoms with Gasteiger partial charge >= 0.3 is 5.97 Å². The van der Waals surface area contributed by atoms with Crippen LogP contribution in [0.4, 0.5) is 11.4 Å². The Morgan fingerprint density at radius 1 is 1.00 bits per heavy atom. The van der Waals surface area contributed by atoms with E-state index in [4.69, 9.17) is 4.74 Å². The van der Waals surface area contributed by atoms with Gasteiger partial charge in [0, 0.05) is 18.6 Å². The van der Waals surface area contributed by atoms with Crippen molar-refractivity contribution in [3.63, 3.8) is 0 Å². The SMILES string of the molecule is Cc1ccc(CCC(=O)NCCOC(=O)c2cc([N+](=O)[O-])cc([N+](=O)[O-])c2)cc1. The van der Waals surface area contributed by atoms with Crippen molar-refractivity contribution in [1.82, 2.24) is 5.32 Å². The predicted octanol–water partition coefficient (Wildman–Crippen LogP) is 2.72. The highest BCUT2D eigenvalue weighted by atomic mass is 16.6. The number of hydrogen-bond donors (Lipinski definition) is 1. The van der Waals surface area contributed by atoms with Crippen LogP contribution in [0.15, 0.2) is 42.5 Å². The van der Waals surface area contributed by atoms with E-state index in [0.29, 0.717) is 6.42 Å². The average molecular weight is 401 g/mol.